The summed E-state index contributed by atoms with van der Waals surface area (Å²) in [5.74, 6) is 0.601. The number of urea groups is 1. The fraction of sp³-hybridized carbons (Fsp3) is 0.333. The van der Waals surface area contributed by atoms with Crippen LogP contribution in [0.15, 0.2) is 54.9 Å². The molecule has 24 heavy (non-hydrogen) atoms. The van der Waals surface area contributed by atoms with E-state index >= 15 is 0 Å². The molecule has 1 saturated heterocycles. The third-order valence-corrected chi connectivity index (χ3v) is 4.03. The molecule has 6 nitrogen and oxygen atoms in total. The van der Waals surface area contributed by atoms with E-state index in [0.29, 0.717) is 18.8 Å². The second-order valence-electron chi connectivity index (χ2n) is 5.86. The zero-order chi connectivity index (χ0) is 16.8. The summed E-state index contributed by atoms with van der Waals surface area (Å²) in [6.07, 6.45) is 3.32. The molecule has 2 amide bonds. The number of carbonyl (C=O) groups excluding carboxylic acids is 1. The van der Waals surface area contributed by atoms with Gasteiger partial charge >= 0.3 is 6.03 Å². The van der Waals surface area contributed by atoms with Gasteiger partial charge in [-0.2, -0.15) is 0 Å². The minimum Gasteiger partial charge on any atom is -0.462 e. The molecule has 0 bridgehead atoms. The molecule has 3 rings (SSSR count). The first-order valence-electron chi connectivity index (χ1n) is 8.10. The highest BCUT2D eigenvalue weighted by atomic mass is 16.5. The van der Waals surface area contributed by atoms with Crippen LogP contribution in [-0.4, -0.2) is 42.1 Å². The van der Waals surface area contributed by atoms with Gasteiger partial charge in [-0.25, -0.2) is 4.79 Å². The number of carbonyl (C=O) groups is 1. The molecule has 1 aromatic carbocycles. The van der Waals surface area contributed by atoms with Gasteiger partial charge in [0, 0.05) is 37.9 Å². The van der Waals surface area contributed by atoms with E-state index in [1.165, 1.54) is 0 Å². The lowest BCUT2D eigenvalue weighted by Crippen LogP contribution is -2.56. The van der Waals surface area contributed by atoms with Crippen molar-refractivity contribution >= 4 is 6.03 Å². The van der Waals surface area contributed by atoms with Crippen molar-refractivity contribution in [1.29, 1.82) is 0 Å². The minimum atomic E-state index is -0.980. The molecule has 0 aliphatic carbocycles. The molecule has 6 heteroatoms. The standard InChI is InChI=1S/C18H22N4O2/c1-18(15-6-3-2-4-7-15,24-16-8-5-9-20-14-16)21-17(23)22-12-10-19-11-13-22/h2-9,14,19H,10-13H2,1H3,(H,21,23). The van der Waals surface area contributed by atoms with Gasteiger partial charge in [0.15, 0.2) is 0 Å². The van der Waals surface area contributed by atoms with Crippen LogP contribution in [0, 0.1) is 0 Å². The summed E-state index contributed by atoms with van der Waals surface area (Å²) >= 11 is 0. The van der Waals surface area contributed by atoms with Crippen molar-refractivity contribution < 1.29 is 9.53 Å². The summed E-state index contributed by atoms with van der Waals surface area (Å²) in [6.45, 7) is 4.83. The van der Waals surface area contributed by atoms with E-state index in [1.54, 1.807) is 23.4 Å². The third kappa shape index (κ3) is 3.83. The smallest absolute Gasteiger partial charge is 0.320 e. The zero-order valence-corrected chi connectivity index (χ0v) is 13.7. The Bertz CT molecular complexity index is 659. The van der Waals surface area contributed by atoms with Crippen LogP contribution >= 0.6 is 0 Å². The maximum atomic E-state index is 12.7. The molecule has 0 spiro atoms. The average Bonchev–Trinajstić information content (AvgIpc) is 2.64. The summed E-state index contributed by atoms with van der Waals surface area (Å²) < 4.78 is 6.11. The van der Waals surface area contributed by atoms with E-state index in [2.05, 4.69) is 15.6 Å². The van der Waals surface area contributed by atoms with Crippen LogP contribution in [0.25, 0.3) is 0 Å². The van der Waals surface area contributed by atoms with Gasteiger partial charge in [-0.05, 0) is 19.1 Å². The first kappa shape index (κ1) is 16.3. The second-order valence-corrected chi connectivity index (χ2v) is 5.86. The van der Waals surface area contributed by atoms with Gasteiger partial charge in [0.05, 0.1) is 6.20 Å². The molecule has 2 aromatic rings. The van der Waals surface area contributed by atoms with E-state index in [1.807, 2.05) is 43.3 Å². The van der Waals surface area contributed by atoms with Crippen molar-refractivity contribution in [2.24, 2.45) is 0 Å². The molecule has 2 N–H and O–H groups in total. The first-order valence-corrected chi connectivity index (χ1v) is 8.10. The van der Waals surface area contributed by atoms with Crippen LogP contribution in [0.2, 0.25) is 0 Å². The molecular formula is C18H22N4O2. The molecular weight excluding hydrogens is 304 g/mol. The quantitative estimate of drug-likeness (QED) is 0.843. The Balaban J connectivity index is 1.83. The van der Waals surface area contributed by atoms with Crippen molar-refractivity contribution in [2.75, 3.05) is 26.2 Å². The summed E-state index contributed by atoms with van der Waals surface area (Å²) in [5.41, 5.74) is -0.107. The largest absolute Gasteiger partial charge is 0.462 e. The minimum absolute atomic E-state index is 0.133. The molecule has 1 aliphatic heterocycles. The molecule has 1 aromatic heterocycles. The molecule has 126 valence electrons. The predicted molar refractivity (Wildman–Crippen MR) is 91.6 cm³/mol. The highest BCUT2D eigenvalue weighted by Crippen LogP contribution is 2.25. The summed E-state index contributed by atoms with van der Waals surface area (Å²) in [7, 11) is 0. The van der Waals surface area contributed by atoms with Gasteiger partial charge < -0.3 is 15.0 Å². The summed E-state index contributed by atoms with van der Waals surface area (Å²) in [4.78, 5) is 18.5. The fourth-order valence-electron chi connectivity index (χ4n) is 2.71. The highest BCUT2D eigenvalue weighted by Gasteiger charge is 2.33. The number of nitrogens with one attached hydrogen (secondary N) is 2. The van der Waals surface area contributed by atoms with Crippen molar-refractivity contribution in [3.05, 3.63) is 60.4 Å². The average molecular weight is 326 g/mol. The molecule has 2 heterocycles. The first-order chi connectivity index (χ1) is 11.7. The van der Waals surface area contributed by atoms with E-state index in [-0.39, 0.29) is 6.03 Å². The van der Waals surface area contributed by atoms with E-state index in [0.717, 1.165) is 18.7 Å². The van der Waals surface area contributed by atoms with E-state index in [9.17, 15) is 4.79 Å². The number of hydrogen-bond donors (Lipinski definition) is 2. The maximum Gasteiger partial charge on any atom is 0.320 e. The molecule has 1 aliphatic rings. The van der Waals surface area contributed by atoms with Gasteiger partial charge in [-0.3, -0.25) is 10.3 Å². The van der Waals surface area contributed by atoms with Crippen molar-refractivity contribution in [1.82, 2.24) is 20.5 Å². The Kier molecular flexibility index (Phi) is 4.96. The number of amides is 2. The van der Waals surface area contributed by atoms with E-state index in [4.69, 9.17) is 4.74 Å². The van der Waals surface area contributed by atoms with Crippen LogP contribution in [0.5, 0.6) is 5.75 Å². The molecule has 1 fully saturated rings. The molecule has 1 unspecified atom stereocenters. The number of hydrogen-bond acceptors (Lipinski definition) is 4. The van der Waals surface area contributed by atoms with Gasteiger partial charge in [-0.1, -0.05) is 30.3 Å². The number of rotatable bonds is 4. The third-order valence-electron chi connectivity index (χ3n) is 4.03. The SMILES string of the molecule is CC(NC(=O)N1CCNCC1)(Oc1cccnc1)c1ccccc1. The Morgan fingerprint density at radius 3 is 2.62 bits per heavy atom. The number of ether oxygens (including phenoxy) is 1. The van der Waals surface area contributed by atoms with Gasteiger partial charge in [-0.15, -0.1) is 0 Å². The van der Waals surface area contributed by atoms with Crippen LogP contribution < -0.4 is 15.4 Å². The zero-order valence-electron chi connectivity index (χ0n) is 13.7. The predicted octanol–water partition coefficient (Wildman–Crippen LogP) is 1.95. The van der Waals surface area contributed by atoms with Gasteiger partial charge in [0.25, 0.3) is 0 Å². The van der Waals surface area contributed by atoms with Crippen LogP contribution in [0.3, 0.4) is 0 Å². The van der Waals surface area contributed by atoms with Crippen LogP contribution in [-0.2, 0) is 5.72 Å². The van der Waals surface area contributed by atoms with Gasteiger partial charge in [0.2, 0.25) is 5.72 Å². The Labute approximate surface area is 141 Å². The van der Waals surface area contributed by atoms with Crippen molar-refractivity contribution in [2.45, 2.75) is 12.6 Å². The maximum absolute atomic E-state index is 12.7. The Morgan fingerprint density at radius 2 is 1.96 bits per heavy atom. The van der Waals surface area contributed by atoms with E-state index < -0.39 is 5.72 Å². The van der Waals surface area contributed by atoms with Gasteiger partial charge in [0.1, 0.15) is 5.75 Å². The fourth-order valence-corrected chi connectivity index (χ4v) is 2.71. The lowest BCUT2D eigenvalue weighted by molar-refractivity contribution is 0.0508. The lowest BCUT2D eigenvalue weighted by Gasteiger charge is -2.35. The molecule has 0 radical (unpaired) electrons. The highest BCUT2D eigenvalue weighted by molar-refractivity contribution is 5.75. The number of nitrogens with zero attached hydrogens (tertiary/aromatic N) is 2. The summed E-state index contributed by atoms with van der Waals surface area (Å²) in [6, 6.07) is 13.2. The summed E-state index contributed by atoms with van der Waals surface area (Å²) in [5, 5.41) is 6.28. The topological polar surface area (TPSA) is 66.5 Å². The number of benzene rings is 1. The van der Waals surface area contributed by atoms with Crippen molar-refractivity contribution in [3.8, 4) is 5.75 Å². The number of pyridine rings is 1. The molecule has 1 atom stereocenters. The second kappa shape index (κ2) is 7.31. The monoisotopic (exact) mass is 326 g/mol. The Morgan fingerprint density at radius 1 is 1.21 bits per heavy atom. The Hall–Kier alpha value is -2.60. The number of piperazine rings is 1. The molecule has 0 saturated carbocycles. The lowest BCUT2D eigenvalue weighted by atomic mass is 10.0. The number of aromatic nitrogens is 1. The van der Waals surface area contributed by atoms with Crippen LogP contribution in [0.4, 0.5) is 4.79 Å². The van der Waals surface area contributed by atoms with Crippen molar-refractivity contribution in [3.63, 3.8) is 0 Å². The normalized spacial score (nSPS) is 17.0. The van der Waals surface area contributed by atoms with Crippen LogP contribution in [0.1, 0.15) is 12.5 Å².